The van der Waals surface area contributed by atoms with Crippen molar-refractivity contribution >= 4 is 52.6 Å². The third-order valence-electron chi connectivity index (χ3n) is 4.44. The van der Waals surface area contributed by atoms with Crippen LogP contribution in [0.25, 0.3) is 0 Å². The number of thioether (sulfide) groups is 2. The molecule has 31 heavy (non-hydrogen) atoms. The molecule has 0 bridgehead atoms. The first-order valence-corrected chi connectivity index (χ1v) is 11.5. The third kappa shape index (κ3) is 4.90. The number of carbonyl (C=O) groups is 3. The van der Waals surface area contributed by atoms with Gasteiger partial charge in [0.15, 0.2) is 0 Å². The second-order valence-electron chi connectivity index (χ2n) is 6.42. The van der Waals surface area contributed by atoms with Gasteiger partial charge in [-0.1, -0.05) is 23.1 Å². The topological polar surface area (TPSA) is 166 Å². The van der Waals surface area contributed by atoms with Crippen LogP contribution < -0.4 is 44.9 Å². The molecule has 2 aromatic heterocycles. The summed E-state index contributed by atoms with van der Waals surface area (Å²) < 4.78 is 1.46. The van der Waals surface area contributed by atoms with Crippen molar-refractivity contribution in [2.24, 2.45) is 7.05 Å². The van der Waals surface area contributed by atoms with E-state index in [2.05, 4.69) is 25.8 Å². The van der Waals surface area contributed by atoms with Gasteiger partial charge in [-0.2, -0.15) is 0 Å². The van der Waals surface area contributed by atoms with Gasteiger partial charge in [0.1, 0.15) is 11.4 Å². The van der Waals surface area contributed by atoms with Crippen LogP contribution in [0.2, 0.25) is 0 Å². The number of tetrazole rings is 1. The van der Waals surface area contributed by atoms with Crippen molar-refractivity contribution in [2.45, 2.75) is 23.0 Å². The van der Waals surface area contributed by atoms with Gasteiger partial charge in [-0.05, 0) is 16.0 Å². The molecule has 2 N–H and O–H groups in total. The van der Waals surface area contributed by atoms with Gasteiger partial charge in [-0.25, -0.2) is 4.68 Å². The van der Waals surface area contributed by atoms with Crippen LogP contribution in [0, 0.1) is 0 Å². The van der Waals surface area contributed by atoms with Gasteiger partial charge in [0.25, 0.3) is 5.91 Å². The Hall–Kier alpha value is -1.65. The van der Waals surface area contributed by atoms with E-state index in [4.69, 9.17) is 0 Å². The summed E-state index contributed by atoms with van der Waals surface area (Å²) in [6.45, 7) is 0. The molecule has 158 valence electrons. The maximum Gasteiger partial charge on any atom is 1.00 e. The van der Waals surface area contributed by atoms with Crippen molar-refractivity contribution in [3.63, 3.8) is 0 Å². The van der Waals surface area contributed by atoms with Crippen molar-refractivity contribution in [2.75, 3.05) is 11.5 Å². The number of aromatic amines is 1. The van der Waals surface area contributed by atoms with Gasteiger partial charge >= 0.3 is 34.4 Å². The number of β-lactam (4-membered cyclic amide) rings is 1. The van der Waals surface area contributed by atoms with E-state index in [-0.39, 0.29) is 52.3 Å². The summed E-state index contributed by atoms with van der Waals surface area (Å²) in [5.74, 6) is -1.75. The minimum Gasteiger partial charge on any atom is -0.543 e. The second kappa shape index (κ2) is 9.87. The zero-order chi connectivity index (χ0) is 21.4. The molecule has 2 amide bonds. The number of nitrogens with zero attached hydrogens (tertiary/aromatic N) is 5. The number of thiazole rings is 1. The van der Waals surface area contributed by atoms with E-state index in [0.29, 0.717) is 22.2 Å². The minimum atomic E-state index is -1.44. The first-order valence-electron chi connectivity index (χ1n) is 8.54. The molecule has 0 aromatic carbocycles. The Bertz CT molecular complexity index is 1110. The van der Waals surface area contributed by atoms with E-state index in [1.54, 1.807) is 12.4 Å². The van der Waals surface area contributed by atoms with Crippen LogP contribution in [-0.2, 0) is 27.9 Å². The molecule has 4 heterocycles. The normalized spacial score (nSPS) is 20.0. The van der Waals surface area contributed by atoms with E-state index in [1.807, 2.05) is 0 Å². The predicted octanol–water partition coefficient (Wildman–Crippen LogP) is -5.30. The van der Waals surface area contributed by atoms with Gasteiger partial charge in [0, 0.05) is 29.6 Å². The van der Waals surface area contributed by atoms with Gasteiger partial charge < -0.3 is 20.2 Å². The molecule has 16 heteroatoms. The Morgan fingerprint density at radius 3 is 2.81 bits per heavy atom. The summed E-state index contributed by atoms with van der Waals surface area (Å²) >= 11 is 3.56. The van der Waals surface area contributed by atoms with Crippen LogP contribution >= 0.6 is 34.9 Å². The van der Waals surface area contributed by atoms with E-state index in [1.165, 1.54) is 28.2 Å². The fraction of sp³-hybridized carbons (Fsp3) is 0.400. The number of amides is 2. The SMILES string of the molecule is Cn1nnnc1SCC1=C(C(=O)[O-])N2C(=O)C(NC(=O)Cc3csc(=O)[nH]3)[C@H]2SC1.[Na+]. The first kappa shape index (κ1) is 24.0. The molecule has 2 aliphatic heterocycles. The summed E-state index contributed by atoms with van der Waals surface area (Å²) in [5, 5.41) is 27.0. The molecular weight excluding hydrogens is 477 g/mol. The van der Waals surface area contributed by atoms with Gasteiger partial charge in [-0.15, -0.1) is 16.9 Å². The smallest absolute Gasteiger partial charge is 0.543 e. The Morgan fingerprint density at radius 2 is 2.19 bits per heavy atom. The average molecular weight is 492 g/mol. The number of H-pyrrole nitrogens is 1. The fourth-order valence-electron chi connectivity index (χ4n) is 3.08. The van der Waals surface area contributed by atoms with Crippen molar-refractivity contribution in [1.29, 1.82) is 0 Å². The molecule has 2 aliphatic rings. The summed E-state index contributed by atoms with van der Waals surface area (Å²) in [7, 11) is 1.67. The molecule has 1 fully saturated rings. The van der Waals surface area contributed by atoms with Crippen molar-refractivity contribution < 1.29 is 49.0 Å². The zero-order valence-electron chi connectivity index (χ0n) is 16.4. The van der Waals surface area contributed by atoms with Crippen LogP contribution in [0.15, 0.2) is 26.6 Å². The Balaban J connectivity index is 0.00000272. The number of carbonyl (C=O) groups excluding carboxylic acids is 3. The molecule has 0 radical (unpaired) electrons. The van der Waals surface area contributed by atoms with Crippen LogP contribution in [0.3, 0.4) is 0 Å². The molecule has 1 unspecified atom stereocenters. The minimum absolute atomic E-state index is 0. The number of aliphatic carboxylic acids is 1. The number of nitrogens with one attached hydrogen (secondary N) is 2. The number of hydrogen-bond acceptors (Lipinski definition) is 11. The van der Waals surface area contributed by atoms with Crippen LogP contribution in [0.4, 0.5) is 0 Å². The average Bonchev–Trinajstić information content (AvgIpc) is 3.31. The largest absolute Gasteiger partial charge is 1.00 e. The molecule has 2 atom stereocenters. The van der Waals surface area contributed by atoms with Crippen molar-refractivity contribution in [1.82, 2.24) is 35.4 Å². The Labute approximate surface area is 209 Å². The van der Waals surface area contributed by atoms with Crippen molar-refractivity contribution in [3.8, 4) is 0 Å². The van der Waals surface area contributed by atoms with E-state index in [0.717, 1.165) is 16.2 Å². The quantitative estimate of drug-likeness (QED) is 0.217. The molecule has 4 rings (SSSR count). The third-order valence-corrected chi connectivity index (χ3v) is 7.59. The summed E-state index contributed by atoms with van der Waals surface area (Å²) in [5.41, 5.74) is 0.813. The zero-order valence-corrected chi connectivity index (χ0v) is 20.8. The monoisotopic (exact) mass is 491 g/mol. The molecule has 0 saturated carbocycles. The van der Waals surface area contributed by atoms with Crippen LogP contribution in [0.1, 0.15) is 5.69 Å². The summed E-state index contributed by atoms with van der Waals surface area (Å²) in [4.78, 5) is 51.2. The fourth-order valence-corrected chi connectivity index (χ4v) is 5.99. The van der Waals surface area contributed by atoms with Gasteiger partial charge in [-0.3, -0.25) is 19.3 Å². The standard InChI is InChI=1S/C15H15N7O5S3.Na/c1-21-14(18-19-20-21)29-4-6-3-28-12-9(11(24)22(12)10(6)13(25)26)17-8(23)2-7-5-30-15(27)16-7;/h5,9,12H,2-4H2,1H3,(H,16,27)(H,17,23)(H,25,26);/q;+1/p-1/t9?,12-;/m1./s1. The summed E-state index contributed by atoms with van der Waals surface area (Å²) in [6, 6.07) is -0.834. The molecule has 12 nitrogen and oxygen atoms in total. The Kier molecular flexibility index (Phi) is 7.64. The van der Waals surface area contributed by atoms with E-state index < -0.39 is 29.2 Å². The van der Waals surface area contributed by atoms with Crippen LogP contribution in [-0.4, -0.2) is 70.8 Å². The van der Waals surface area contributed by atoms with E-state index in [9.17, 15) is 24.3 Å². The van der Waals surface area contributed by atoms with Crippen molar-refractivity contribution in [3.05, 3.63) is 32.0 Å². The molecular formula is C15H14N7NaO5S3. The maximum absolute atomic E-state index is 12.6. The number of rotatable bonds is 7. The number of aromatic nitrogens is 5. The Morgan fingerprint density at radius 1 is 1.42 bits per heavy atom. The summed E-state index contributed by atoms with van der Waals surface area (Å²) in [6.07, 6.45) is -0.0727. The molecule has 0 aliphatic carbocycles. The maximum atomic E-state index is 12.6. The molecule has 2 aromatic rings. The van der Waals surface area contributed by atoms with Gasteiger partial charge in [0.05, 0.1) is 18.1 Å². The number of carboxylic acid groups (broad SMARTS) is 1. The number of hydrogen-bond donors (Lipinski definition) is 2. The number of carboxylic acids is 1. The molecule has 1 saturated heterocycles. The number of fused-ring (bicyclic) bond motifs is 1. The van der Waals surface area contributed by atoms with Gasteiger partial charge in [0.2, 0.25) is 11.1 Å². The van der Waals surface area contributed by atoms with Crippen LogP contribution in [0.5, 0.6) is 0 Å². The van der Waals surface area contributed by atoms with E-state index >= 15 is 0 Å². The second-order valence-corrected chi connectivity index (χ2v) is 9.31. The number of aryl methyl sites for hydroxylation is 1. The predicted molar refractivity (Wildman–Crippen MR) is 105 cm³/mol. The molecule has 0 spiro atoms. The first-order chi connectivity index (χ1) is 14.3.